The maximum absolute atomic E-state index is 12.3. The molecule has 0 saturated carbocycles. The van der Waals surface area contributed by atoms with Crippen molar-refractivity contribution in [3.8, 4) is 5.75 Å². The Bertz CT molecular complexity index is 845. The minimum atomic E-state index is -0.141. The minimum absolute atomic E-state index is 0.141. The molecule has 0 aliphatic heterocycles. The summed E-state index contributed by atoms with van der Waals surface area (Å²) >= 11 is 0. The van der Waals surface area contributed by atoms with Crippen LogP contribution in [0.4, 0.5) is 0 Å². The lowest BCUT2D eigenvalue weighted by Crippen LogP contribution is -2.23. The minimum Gasteiger partial charge on any atom is -0.494 e. The molecule has 3 rings (SSSR count). The molecule has 2 aromatic heterocycles. The molecule has 2 N–H and O–H groups in total. The van der Waals surface area contributed by atoms with Crippen molar-refractivity contribution in [3.05, 3.63) is 53.1 Å². The number of aromatic nitrogens is 1. The SMILES string of the molecule is CCOc1ccc2cc(C(=O)NCc3cc(C)oc3C)[nH]c2c1. The summed E-state index contributed by atoms with van der Waals surface area (Å²) in [4.78, 5) is 15.4. The maximum Gasteiger partial charge on any atom is 0.267 e. The Balaban J connectivity index is 1.74. The molecular weight excluding hydrogens is 292 g/mol. The summed E-state index contributed by atoms with van der Waals surface area (Å²) < 4.78 is 10.9. The van der Waals surface area contributed by atoms with Crippen molar-refractivity contribution in [2.24, 2.45) is 0 Å². The summed E-state index contributed by atoms with van der Waals surface area (Å²) in [6, 6.07) is 9.53. The molecule has 3 aromatic rings. The monoisotopic (exact) mass is 312 g/mol. The molecule has 5 heteroatoms. The summed E-state index contributed by atoms with van der Waals surface area (Å²) in [7, 11) is 0. The molecule has 0 fully saturated rings. The van der Waals surface area contributed by atoms with Crippen molar-refractivity contribution >= 4 is 16.8 Å². The molecule has 0 atom stereocenters. The Hall–Kier alpha value is -2.69. The Morgan fingerprint density at radius 2 is 2.09 bits per heavy atom. The third kappa shape index (κ3) is 3.23. The van der Waals surface area contributed by atoms with Gasteiger partial charge in [0, 0.05) is 29.1 Å². The fourth-order valence-corrected chi connectivity index (χ4v) is 2.61. The molecule has 0 spiro atoms. The van der Waals surface area contributed by atoms with Crippen molar-refractivity contribution in [2.45, 2.75) is 27.3 Å². The van der Waals surface area contributed by atoms with Crippen LogP contribution < -0.4 is 10.1 Å². The molecule has 0 saturated heterocycles. The molecule has 5 nitrogen and oxygen atoms in total. The van der Waals surface area contributed by atoms with E-state index in [1.165, 1.54) is 0 Å². The zero-order valence-electron chi connectivity index (χ0n) is 13.5. The summed E-state index contributed by atoms with van der Waals surface area (Å²) in [6.45, 7) is 6.79. The average molecular weight is 312 g/mol. The molecule has 0 aliphatic rings. The van der Waals surface area contributed by atoms with Crippen LogP contribution in [0.5, 0.6) is 5.75 Å². The third-order valence-electron chi connectivity index (χ3n) is 3.73. The fraction of sp³-hybridized carbons (Fsp3) is 0.278. The number of carbonyl (C=O) groups excluding carboxylic acids is 1. The van der Waals surface area contributed by atoms with Crippen molar-refractivity contribution < 1.29 is 13.9 Å². The third-order valence-corrected chi connectivity index (χ3v) is 3.73. The van der Waals surface area contributed by atoms with Gasteiger partial charge in [-0.3, -0.25) is 4.79 Å². The van der Waals surface area contributed by atoms with Gasteiger partial charge in [-0.2, -0.15) is 0 Å². The molecule has 0 aliphatic carbocycles. The number of carbonyl (C=O) groups is 1. The first kappa shape index (κ1) is 15.2. The zero-order valence-corrected chi connectivity index (χ0v) is 13.5. The van der Waals surface area contributed by atoms with Crippen molar-refractivity contribution in [1.82, 2.24) is 10.3 Å². The number of aromatic amines is 1. The summed E-state index contributed by atoms with van der Waals surface area (Å²) in [5.41, 5.74) is 2.41. The number of rotatable bonds is 5. The zero-order chi connectivity index (χ0) is 16.4. The first-order valence-corrected chi connectivity index (χ1v) is 7.66. The first-order chi connectivity index (χ1) is 11.1. The quantitative estimate of drug-likeness (QED) is 0.754. The van der Waals surface area contributed by atoms with E-state index in [-0.39, 0.29) is 5.91 Å². The highest BCUT2D eigenvalue weighted by atomic mass is 16.5. The Morgan fingerprint density at radius 3 is 2.78 bits per heavy atom. The highest BCUT2D eigenvalue weighted by Crippen LogP contribution is 2.21. The lowest BCUT2D eigenvalue weighted by atomic mass is 10.2. The highest BCUT2D eigenvalue weighted by Gasteiger charge is 2.11. The van der Waals surface area contributed by atoms with Gasteiger partial charge in [-0.05, 0) is 45.0 Å². The molecule has 23 heavy (non-hydrogen) atoms. The van der Waals surface area contributed by atoms with Crippen LogP contribution in [0.1, 0.15) is 34.5 Å². The number of aryl methyl sites for hydroxylation is 2. The first-order valence-electron chi connectivity index (χ1n) is 7.66. The lowest BCUT2D eigenvalue weighted by Gasteiger charge is -2.02. The Morgan fingerprint density at radius 1 is 1.26 bits per heavy atom. The van der Waals surface area contributed by atoms with Gasteiger partial charge in [0.2, 0.25) is 0 Å². The predicted octanol–water partition coefficient (Wildman–Crippen LogP) is 3.71. The normalized spacial score (nSPS) is 10.9. The molecule has 0 bridgehead atoms. The van der Waals surface area contributed by atoms with Gasteiger partial charge in [-0.15, -0.1) is 0 Å². The van der Waals surface area contributed by atoms with Crippen molar-refractivity contribution in [2.75, 3.05) is 6.61 Å². The molecule has 120 valence electrons. The van der Waals surface area contributed by atoms with Crippen LogP contribution in [0.25, 0.3) is 10.9 Å². The van der Waals surface area contributed by atoms with E-state index in [2.05, 4.69) is 10.3 Å². The van der Waals surface area contributed by atoms with Gasteiger partial charge < -0.3 is 19.5 Å². The van der Waals surface area contributed by atoms with E-state index in [0.717, 1.165) is 33.7 Å². The maximum atomic E-state index is 12.3. The smallest absolute Gasteiger partial charge is 0.267 e. The van der Waals surface area contributed by atoms with Crippen LogP contribution in [-0.2, 0) is 6.54 Å². The van der Waals surface area contributed by atoms with E-state index in [9.17, 15) is 4.79 Å². The van der Waals surface area contributed by atoms with Gasteiger partial charge in [0.25, 0.3) is 5.91 Å². The average Bonchev–Trinajstić information content (AvgIpc) is 3.07. The van der Waals surface area contributed by atoms with Crippen molar-refractivity contribution in [3.63, 3.8) is 0 Å². The van der Waals surface area contributed by atoms with E-state index in [1.807, 2.05) is 51.1 Å². The summed E-state index contributed by atoms with van der Waals surface area (Å²) in [5, 5.41) is 3.89. The number of ether oxygens (including phenoxy) is 1. The largest absolute Gasteiger partial charge is 0.494 e. The molecule has 1 aromatic carbocycles. The van der Waals surface area contributed by atoms with E-state index >= 15 is 0 Å². The van der Waals surface area contributed by atoms with Crippen LogP contribution >= 0.6 is 0 Å². The number of hydrogen-bond acceptors (Lipinski definition) is 3. The lowest BCUT2D eigenvalue weighted by molar-refractivity contribution is 0.0946. The Labute approximate surface area is 134 Å². The van der Waals surface area contributed by atoms with Gasteiger partial charge in [-0.1, -0.05) is 0 Å². The number of furan rings is 1. The number of H-pyrrole nitrogens is 1. The molecule has 0 radical (unpaired) electrons. The second-order valence-electron chi connectivity index (χ2n) is 5.49. The van der Waals surface area contributed by atoms with E-state index in [4.69, 9.17) is 9.15 Å². The van der Waals surface area contributed by atoms with E-state index < -0.39 is 0 Å². The van der Waals surface area contributed by atoms with Crippen LogP contribution in [0, 0.1) is 13.8 Å². The number of fused-ring (bicyclic) bond motifs is 1. The summed E-state index contributed by atoms with van der Waals surface area (Å²) in [5.74, 6) is 2.33. The van der Waals surface area contributed by atoms with Crippen LogP contribution in [0.3, 0.4) is 0 Å². The predicted molar refractivity (Wildman–Crippen MR) is 88.8 cm³/mol. The summed E-state index contributed by atoms with van der Waals surface area (Å²) in [6.07, 6.45) is 0. The molecule has 2 heterocycles. The molecule has 1 amide bonds. The highest BCUT2D eigenvalue weighted by molar-refractivity contribution is 5.98. The number of nitrogens with one attached hydrogen (secondary N) is 2. The molecule has 0 unspecified atom stereocenters. The molecular formula is C18H20N2O3. The van der Waals surface area contributed by atoms with Crippen LogP contribution in [0.15, 0.2) is 34.7 Å². The van der Waals surface area contributed by atoms with Gasteiger partial charge in [0.05, 0.1) is 6.61 Å². The topological polar surface area (TPSA) is 67.3 Å². The Kier molecular flexibility index (Phi) is 4.10. The van der Waals surface area contributed by atoms with Gasteiger partial charge in [0.1, 0.15) is 23.0 Å². The van der Waals surface area contributed by atoms with Crippen molar-refractivity contribution in [1.29, 1.82) is 0 Å². The van der Waals surface area contributed by atoms with E-state index in [0.29, 0.717) is 18.8 Å². The van der Waals surface area contributed by atoms with Gasteiger partial charge in [0.15, 0.2) is 0 Å². The number of benzene rings is 1. The second kappa shape index (κ2) is 6.20. The van der Waals surface area contributed by atoms with Crippen LogP contribution in [0.2, 0.25) is 0 Å². The van der Waals surface area contributed by atoms with Crippen LogP contribution in [-0.4, -0.2) is 17.5 Å². The number of amides is 1. The van der Waals surface area contributed by atoms with Gasteiger partial charge in [-0.25, -0.2) is 0 Å². The standard InChI is InChI=1S/C18H20N2O3/c1-4-22-15-6-5-13-8-17(20-16(13)9-15)18(21)19-10-14-7-11(2)23-12(14)3/h5-9,20H,4,10H2,1-3H3,(H,19,21). The second-order valence-corrected chi connectivity index (χ2v) is 5.49. The van der Waals surface area contributed by atoms with E-state index in [1.54, 1.807) is 0 Å². The fourth-order valence-electron chi connectivity index (χ4n) is 2.61. The van der Waals surface area contributed by atoms with Gasteiger partial charge >= 0.3 is 0 Å². The number of hydrogen-bond donors (Lipinski definition) is 2.